The molecule has 0 aliphatic heterocycles. The third kappa shape index (κ3) is 1.78. The fourth-order valence-electron chi connectivity index (χ4n) is 1.71. The first-order valence-corrected chi connectivity index (χ1v) is 5.97. The number of pyridine rings is 1. The molecule has 0 fully saturated rings. The highest BCUT2D eigenvalue weighted by Crippen LogP contribution is 2.21. The Morgan fingerprint density at radius 1 is 1.29 bits per heavy atom. The van der Waals surface area contributed by atoms with Crippen LogP contribution in [-0.2, 0) is 23.0 Å². The Morgan fingerprint density at radius 2 is 2.00 bits per heavy atom. The third-order valence-electron chi connectivity index (χ3n) is 2.44. The number of hydrogen-bond donors (Lipinski definition) is 1. The van der Waals surface area contributed by atoms with E-state index in [4.69, 9.17) is 4.55 Å². The second-order valence-electron chi connectivity index (χ2n) is 3.46. The molecule has 0 aromatic carbocycles. The predicted octanol–water partition coefficient (Wildman–Crippen LogP) is 1.21. The van der Waals surface area contributed by atoms with Crippen LogP contribution >= 0.6 is 0 Å². The molecule has 1 aromatic heterocycles. The van der Waals surface area contributed by atoms with Crippen molar-refractivity contribution in [3.05, 3.63) is 23.5 Å². The van der Waals surface area contributed by atoms with Crippen molar-refractivity contribution in [2.45, 2.75) is 30.6 Å². The highest BCUT2D eigenvalue weighted by atomic mass is 32.2. The first-order chi connectivity index (χ1) is 6.57. The lowest BCUT2D eigenvalue weighted by atomic mass is 9.96. The fourth-order valence-corrected chi connectivity index (χ4v) is 2.18. The lowest BCUT2D eigenvalue weighted by Crippen LogP contribution is -2.08. The monoisotopic (exact) mass is 213 g/mol. The summed E-state index contributed by atoms with van der Waals surface area (Å²) in [6, 6.07) is 1.52. The summed E-state index contributed by atoms with van der Waals surface area (Å²) in [5.74, 6) is 0. The highest BCUT2D eigenvalue weighted by Gasteiger charge is 2.15. The summed E-state index contributed by atoms with van der Waals surface area (Å²) in [7, 11) is -4.10. The summed E-state index contributed by atoms with van der Waals surface area (Å²) in [6.07, 6.45) is 5.14. The van der Waals surface area contributed by atoms with Gasteiger partial charge in [-0.15, -0.1) is 0 Å². The summed E-state index contributed by atoms with van der Waals surface area (Å²) < 4.78 is 30.5. The summed E-state index contributed by atoms with van der Waals surface area (Å²) in [5.41, 5.74) is 1.91. The zero-order chi connectivity index (χ0) is 10.2. The molecule has 1 N–H and O–H groups in total. The molecule has 2 rings (SSSR count). The Kier molecular flexibility index (Phi) is 2.28. The molecule has 0 amide bonds. The van der Waals surface area contributed by atoms with E-state index in [1.54, 1.807) is 0 Å². The van der Waals surface area contributed by atoms with Crippen molar-refractivity contribution in [3.8, 4) is 0 Å². The van der Waals surface area contributed by atoms with Crippen molar-refractivity contribution < 1.29 is 13.0 Å². The standard InChI is InChI=1S/C9H11NO3S/c11-14(12,13)8-5-7-3-1-2-4-9(7)10-6-8/h5-6H,1-4H2,(H,11,12,13). The van der Waals surface area contributed by atoms with E-state index >= 15 is 0 Å². The van der Waals surface area contributed by atoms with Gasteiger partial charge < -0.3 is 0 Å². The lowest BCUT2D eigenvalue weighted by molar-refractivity contribution is 0.482. The molecular formula is C9H11NO3S. The van der Waals surface area contributed by atoms with Crippen molar-refractivity contribution in [2.24, 2.45) is 0 Å². The lowest BCUT2D eigenvalue weighted by Gasteiger charge is -2.14. The van der Waals surface area contributed by atoms with Gasteiger partial charge in [-0.25, -0.2) is 0 Å². The average molecular weight is 213 g/mol. The molecule has 1 aromatic rings. The van der Waals surface area contributed by atoms with Crippen LogP contribution in [0.3, 0.4) is 0 Å². The van der Waals surface area contributed by atoms with Gasteiger partial charge in [0.05, 0.1) is 0 Å². The van der Waals surface area contributed by atoms with Crippen molar-refractivity contribution in [1.82, 2.24) is 4.98 Å². The number of aryl methyl sites for hydroxylation is 2. The second-order valence-corrected chi connectivity index (χ2v) is 4.88. The Balaban J connectivity index is 2.49. The van der Waals surface area contributed by atoms with Crippen molar-refractivity contribution >= 4 is 10.1 Å². The van der Waals surface area contributed by atoms with Gasteiger partial charge in [0.2, 0.25) is 0 Å². The first-order valence-electron chi connectivity index (χ1n) is 4.52. The van der Waals surface area contributed by atoms with Gasteiger partial charge in [0.1, 0.15) is 4.90 Å². The zero-order valence-electron chi connectivity index (χ0n) is 7.60. The molecule has 0 radical (unpaired) electrons. The fraction of sp³-hybridized carbons (Fsp3) is 0.444. The summed E-state index contributed by atoms with van der Waals surface area (Å²) in [6.45, 7) is 0. The van der Waals surface area contributed by atoms with Gasteiger partial charge in [-0.3, -0.25) is 9.54 Å². The second kappa shape index (κ2) is 3.33. The molecule has 0 spiro atoms. The smallest absolute Gasteiger partial charge is 0.282 e. The minimum absolute atomic E-state index is 0.0989. The van der Waals surface area contributed by atoms with Crippen molar-refractivity contribution in [3.63, 3.8) is 0 Å². The number of rotatable bonds is 1. The molecular weight excluding hydrogens is 202 g/mol. The van der Waals surface area contributed by atoms with Crippen LogP contribution in [0.4, 0.5) is 0 Å². The molecule has 76 valence electrons. The minimum atomic E-state index is -4.10. The largest absolute Gasteiger partial charge is 0.296 e. The molecule has 0 unspecified atom stereocenters. The van der Waals surface area contributed by atoms with Crippen LogP contribution in [0.1, 0.15) is 24.1 Å². The predicted molar refractivity (Wildman–Crippen MR) is 50.7 cm³/mol. The van der Waals surface area contributed by atoms with Gasteiger partial charge in [0, 0.05) is 11.9 Å². The van der Waals surface area contributed by atoms with Crippen LogP contribution in [0.15, 0.2) is 17.2 Å². The van der Waals surface area contributed by atoms with E-state index in [9.17, 15) is 8.42 Å². The molecule has 4 nitrogen and oxygen atoms in total. The van der Waals surface area contributed by atoms with E-state index in [1.807, 2.05) is 0 Å². The molecule has 0 bridgehead atoms. The molecule has 0 saturated carbocycles. The van der Waals surface area contributed by atoms with Gasteiger partial charge in [0.25, 0.3) is 10.1 Å². The number of nitrogens with zero attached hydrogens (tertiary/aromatic N) is 1. The summed E-state index contributed by atoms with van der Waals surface area (Å²) >= 11 is 0. The maximum atomic E-state index is 10.8. The topological polar surface area (TPSA) is 67.3 Å². The third-order valence-corrected chi connectivity index (χ3v) is 3.26. The Labute approximate surface area is 82.7 Å². The van der Waals surface area contributed by atoms with E-state index in [2.05, 4.69) is 4.98 Å². The zero-order valence-corrected chi connectivity index (χ0v) is 8.42. The van der Waals surface area contributed by atoms with E-state index in [1.165, 1.54) is 12.3 Å². The number of fused-ring (bicyclic) bond motifs is 1. The molecule has 0 atom stereocenters. The average Bonchev–Trinajstić information content (AvgIpc) is 2.16. The van der Waals surface area contributed by atoms with Crippen LogP contribution in [0.5, 0.6) is 0 Å². The van der Waals surface area contributed by atoms with Gasteiger partial charge in [-0.05, 0) is 37.3 Å². The minimum Gasteiger partial charge on any atom is -0.282 e. The van der Waals surface area contributed by atoms with Crippen molar-refractivity contribution in [2.75, 3.05) is 0 Å². The number of hydrogen-bond acceptors (Lipinski definition) is 3. The van der Waals surface area contributed by atoms with E-state index < -0.39 is 10.1 Å². The van der Waals surface area contributed by atoms with Crippen LogP contribution in [0, 0.1) is 0 Å². The number of aromatic nitrogens is 1. The van der Waals surface area contributed by atoms with Crippen LogP contribution in [0.2, 0.25) is 0 Å². The van der Waals surface area contributed by atoms with E-state index in [-0.39, 0.29) is 4.90 Å². The normalized spacial score (nSPS) is 16.4. The van der Waals surface area contributed by atoms with Gasteiger partial charge in [-0.2, -0.15) is 8.42 Å². The first kappa shape index (κ1) is 9.61. The Hall–Kier alpha value is -0.940. The SMILES string of the molecule is O=S(=O)(O)c1cnc2c(c1)CCCC2. The van der Waals surface area contributed by atoms with E-state index in [0.717, 1.165) is 36.9 Å². The Bertz CT molecular complexity index is 453. The molecule has 1 aliphatic rings. The molecule has 5 heteroatoms. The van der Waals surface area contributed by atoms with Crippen LogP contribution in [0.25, 0.3) is 0 Å². The van der Waals surface area contributed by atoms with Gasteiger partial charge in [0.15, 0.2) is 0 Å². The quantitative estimate of drug-likeness (QED) is 0.712. The molecule has 14 heavy (non-hydrogen) atoms. The molecule has 1 aliphatic carbocycles. The van der Waals surface area contributed by atoms with Crippen LogP contribution in [-0.4, -0.2) is 18.0 Å². The summed E-state index contributed by atoms with van der Waals surface area (Å²) in [5, 5.41) is 0. The van der Waals surface area contributed by atoms with Gasteiger partial charge in [-0.1, -0.05) is 0 Å². The van der Waals surface area contributed by atoms with Gasteiger partial charge >= 0.3 is 0 Å². The summed E-state index contributed by atoms with van der Waals surface area (Å²) in [4.78, 5) is 3.95. The maximum Gasteiger partial charge on any atom is 0.296 e. The highest BCUT2D eigenvalue weighted by molar-refractivity contribution is 7.85. The molecule has 1 heterocycles. The Morgan fingerprint density at radius 3 is 2.71 bits per heavy atom. The molecule has 0 saturated heterocycles. The van der Waals surface area contributed by atoms with Crippen molar-refractivity contribution in [1.29, 1.82) is 0 Å². The maximum absolute atomic E-state index is 10.8. The van der Waals surface area contributed by atoms with Crippen LogP contribution < -0.4 is 0 Å². The van der Waals surface area contributed by atoms with E-state index in [0.29, 0.717) is 0 Å².